The number of aliphatic imine (C=N–C) groups is 2. The highest BCUT2D eigenvalue weighted by Gasteiger charge is 2.57. The van der Waals surface area contributed by atoms with Gasteiger partial charge in [-0.3, -0.25) is 15.1 Å². The lowest BCUT2D eigenvalue weighted by molar-refractivity contribution is -0.126. The Bertz CT molecular complexity index is 570. The fourth-order valence-corrected chi connectivity index (χ4v) is 2.76. The number of nitrogens with two attached hydrogens (primary N) is 1. The quantitative estimate of drug-likeness (QED) is 0.424. The maximum Gasteiger partial charge on any atom is 0.255 e. The van der Waals surface area contributed by atoms with Crippen LogP contribution in [0.5, 0.6) is 0 Å². The molecule has 6 atom stereocenters. The van der Waals surface area contributed by atoms with Crippen LogP contribution in [0.3, 0.4) is 0 Å². The molecule has 9 nitrogen and oxygen atoms in total. The summed E-state index contributed by atoms with van der Waals surface area (Å²) in [6.45, 7) is 2.82. The number of aliphatic hydroxyl groups excluding tert-OH is 2. The molecule has 0 bridgehead atoms. The van der Waals surface area contributed by atoms with E-state index in [9.17, 15) is 19.4 Å². The van der Waals surface area contributed by atoms with Gasteiger partial charge in [0.15, 0.2) is 30.6 Å². The first kappa shape index (κ1) is 14.9. The van der Waals surface area contributed by atoms with Crippen LogP contribution in [0.15, 0.2) is 22.6 Å². The van der Waals surface area contributed by atoms with Crippen molar-refractivity contribution >= 4 is 18.2 Å². The Morgan fingerprint density at radius 3 is 3.00 bits per heavy atom. The van der Waals surface area contributed by atoms with Crippen molar-refractivity contribution in [2.75, 3.05) is 6.61 Å². The smallest absolute Gasteiger partial charge is 0.255 e. The third-order valence-electron chi connectivity index (χ3n) is 4.04. The number of nitrogens with zero attached hydrogens (tertiary/aromatic N) is 3. The number of alkyl halides is 1. The molecule has 22 heavy (non-hydrogen) atoms. The first-order valence-corrected chi connectivity index (χ1v) is 6.63. The largest absolute Gasteiger partial charge is 0.393 e. The maximum absolute atomic E-state index is 14.4. The fraction of sp³-hybridized carbons (Fsp3) is 0.583. The van der Waals surface area contributed by atoms with Gasteiger partial charge in [0.05, 0.1) is 12.9 Å². The molecule has 1 fully saturated rings. The van der Waals surface area contributed by atoms with Gasteiger partial charge in [0.25, 0.3) is 5.91 Å². The van der Waals surface area contributed by atoms with Crippen molar-refractivity contribution in [2.45, 2.75) is 36.3 Å². The predicted octanol–water partition coefficient (Wildman–Crippen LogP) is -2.56. The number of guanidine groups is 1. The molecule has 0 aromatic carbocycles. The molecule has 0 radical (unpaired) electrons. The molecule has 0 aromatic heterocycles. The van der Waals surface area contributed by atoms with Gasteiger partial charge in [0.1, 0.15) is 11.7 Å². The second-order valence-electron chi connectivity index (χ2n) is 5.29. The Morgan fingerprint density at radius 1 is 1.68 bits per heavy atom. The number of hydrogen-bond donors (Lipinski definition) is 4. The number of carbonyl (C=O) groups excluding carboxylic acids is 1. The van der Waals surface area contributed by atoms with Crippen LogP contribution in [0, 0.1) is 0 Å². The van der Waals surface area contributed by atoms with Crippen LogP contribution in [-0.4, -0.2) is 76.2 Å². The number of amides is 1. The summed E-state index contributed by atoms with van der Waals surface area (Å²) in [5.41, 5.74) is 3.88. The van der Waals surface area contributed by atoms with Crippen molar-refractivity contribution in [3.63, 3.8) is 0 Å². The SMILES string of the molecule is C=C[C@]1(CO)O[C@@H](N2C=NC3C(=O)NC(N)=NC32)[C@H](F)[C@@H]1O. The van der Waals surface area contributed by atoms with Crippen LogP contribution in [0.4, 0.5) is 4.39 Å². The summed E-state index contributed by atoms with van der Waals surface area (Å²) in [4.78, 5) is 21.0. The molecule has 3 aliphatic heterocycles. The summed E-state index contributed by atoms with van der Waals surface area (Å²) in [5.74, 6) is -0.560. The second kappa shape index (κ2) is 5.00. The zero-order valence-electron chi connectivity index (χ0n) is 11.5. The fourth-order valence-electron chi connectivity index (χ4n) is 2.76. The van der Waals surface area contributed by atoms with E-state index in [4.69, 9.17) is 10.5 Å². The third kappa shape index (κ3) is 1.91. The van der Waals surface area contributed by atoms with E-state index in [-0.39, 0.29) is 5.96 Å². The molecular formula is C12H16FN5O4. The molecule has 0 aromatic rings. The van der Waals surface area contributed by atoms with Gasteiger partial charge in [0.2, 0.25) is 0 Å². The standard InChI is InChI=1S/C12H16FN5O4/c1-2-12(3-19)7(20)5(13)10(22-12)18-4-15-6-8(18)16-11(14)17-9(6)21/h2,4-8,10,19-20H,1,3H2,(H3,14,16,17,21)/t5-,6?,7+,8?,10-,12-/m1/s1. The van der Waals surface area contributed by atoms with Crippen LogP contribution in [0.2, 0.25) is 0 Å². The molecule has 0 aliphatic carbocycles. The van der Waals surface area contributed by atoms with Gasteiger partial charge in [0, 0.05) is 0 Å². The van der Waals surface area contributed by atoms with Crippen molar-refractivity contribution in [2.24, 2.45) is 15.7 Å². The zero-order valence-corrected chi connectivity index (χ0v) is 11.5. The number of ether oxygens (including phenoxy) is 1. The van der Waals surface area contributed by atoms with Gasteiger partial charge in [-0.1, -0.05) is 6.08 Å². The lowest BCUT2D eigenvalue weighted by Crippen LogP contribution is -2.56. The molecule has 1 saturated heterocycles. The molecule has 0 saturated carbocycles. The van der Waals surface area contributed by atoms with Gasteiger partial charge in [-0.15, -0.1) is 6.58 Å². The summed E-state index contributed by atoms with van der Waals surface area (Å²) in [5, 5.41) is 21.7. The molecule has 3 heterocycles. The first-order chi connectivity index (χ1) is 10.4. The van der Waals surface area contributed by atoms with E-state index in [1.165, 1.54) is 11.2 Å². The Balaban J connectivity index is 1.89. The minimum absolute atomic E-state index is 0.104. The summed E-state index contributed by atoms with van der Waals surface area (Å²) >= 11 is 0. The molecular weight excluding hydrogens is 297 g/mol. The lowest BCUT2D eigenvalue weighted by atomic mass is 9.97. The number of rotatable bonds is 3. The van der Waals surface area contributed by atoms with E-state index in [2.05, 4.69) is 21.9 Å². The summed E-state index contributed by atoms with van der Waals surface area (Å²) in [6, 6.07) is -0.867. The van der Waals surface area contributed by atoms with Gasteiger partial charge in [-0.25, -0.2) is 9.38 Å². The van der Waals surface area contributed by atoms with Crippen molar-refractivity contribution in [3.8, 4) is 0 Å². The molecule has 5 N–H and O–H groups in total. The highest BCUT2D eigenvalue weighted by Crippen LogP contribution is 2.37. The second-order valence-corrected chi connectivity index (χ2v) is 5.29. The molecule has 1 amide bonds. The highest BCUT2D eigenvalue weighted by atomic mass is 19.1. The average molecular weight is 313 g/mol. The maximum atomic E-state index is 14.4. The third-order valence-corrected chi connectivity index (χ3v) is 4.04. The topological polar surface area (TPSA) is 133 Å². The minimum atomic E-state index is -1.85. The molecule has 3 aliphatic rings. The number of fused-ring (bicyclic) bond motifs is 1. The summed E-state index contributed by atoms with van der Waals surface area (Å²) in [7, 11) is 0. The van der Waals surface area contributed by atoms with Crippen LogP contribution in [0.25, 0.3) is 0 Å². The molecule has 0 spiro atoms. The van der Waals surface area contributed by atoms with Gasteiger partial charge < -0.3 is 25.6 Å². The van der Waals surface area contributed by atoms with Crippen LogP contribution < -0.4 is 11.1 Å². The zero-order chi connectivity index (χ0) is 16.1. The minimum Gasteiger partial charge on any atom is -0.393 e. The number of aliphatic hydroxyl groups is 2. The Morgan fingerprint density at radius 2 is 2.41 bits per heavy atom. The van der Waals surface area contributed by atoms with Gasteiger partial charge in [-0.2, -0.15) is 0 Å². The van der Waals surface area contributed by atoms with E-state index >= 15 is 0 Å². The van der Waals surface area contributed by atoms with E-state index in [0.717, 1.165) is 6.08 Å². The summed E-state index contributed by atoms with van der Waals surface area (Å²) < 4.78 is 19.9. The van der Waals surface area contributed by atoms with E-state index in [0.29, 0.717) is 0 Å². The number of carbonyl (C=O) groups is 1. The molecule has 2 unspecified atom stereocenters. The van der Waals surface area contributed by atoms with Crippen molar-refractivity contribution in [3.05, 3.63) is 12.7 Å². The van der Waals surface area contributed by atoms with Crippen molar-refractivity contribution in [1.29, 1.82) is 0 Å². The normalized spacial score (nSPS) is 43.8. The lowest BCUT2D eigenvalue weighted by Gasteiger charge is -2.33. The van der Waals surface area contributed by atoms with Crippen LogP contribution >= 0.6 is 0 Å². The summed E-state index contributed by atoms with van der Waals surface area (Å²) in [6.07, 6.45) is -3.20. The van der Waals surface area contributed by atoms with Gasteiger partial charge >= 0.3 is 0 Å². The number of nitrogens with one attached hydrogen (secondary N) is 1. The monoisotopic (exact) mass is 313 g/mol. The number of hydrogen-bond acceptors (Lipinski definition) is 8. The molecule has 10 heteroatoms. The van der Waals surface area contributed by atoms with Gasteiger partial charge in [-0.05, 0) is 0 Å². The Kier molecular flexibility index (Phi) is 3.38. The van der Waals surface area contributed by atoms with Crippen LogP contribution in [-0.2, 0) is 9.53 Å². The van der Waals surface area contributed by atoms with E-state index < -0.39 is 48.8 Å². The Hall–Kier alpha value is -2.04. The van der Waals surface area contributed by atoms with Crippen molar-refractivity contribution in [1.82, 2.24) is 10.2 Å². The average Bonchev–Trinajstić information content (AvgIpc) is 3.01. The molecule has 120 valence electrons. The van der Waals surface area contributed by atoms with E-state index in [1.807, 2.05) is 0 Å². The predicted molar refractivity (Wildman–Crippen MR) is 73.5 cm³/mol. The first-order valence-electron chi connectivity index (χ1n) is 6.63. The van der Waals surface area contributed by atoms with E-state index in [1.54, 1.807) is 0 Å². The van der Waals surface area contributed by atoms with Crippen molar-refractivity contribution < 1.29 is 24.1 Å². The number of halogens is 1. The molecule has 3 rings (SSSR count). The highest BCUT2D eigenvalue weighted by molar-refractivity contribution is 6.02. The van der Waals surface area contributed by atoms with Crippen LogP contribution in [0.1, 0.15) is 0 Å². The Labute approximate surface area is 125 Å².